The molecular weight excluding hydrogens is 230 g/mol. The molecule has 1 N–H and O–H groups in total. The molecule has 0 unspecified atom stereocenters. The van der Waals surface area contributed by atoms with E-state index >= 15 is 0 Å². The fraction of sp³-hybridized carbons (Fsp3) is 0.200. The summed E-state index contributed by atoms with van der Waals surface area (Å²) in [5, 5.41) is 11.7. The Labute approximate surface area is 95.0 Å². The van der Waals surface area contributed by atoms with Gasteiger partial charge in [-0.15, -0.1) is 22.7 Å². The van der Waals surface area contributed by atoms with Gasteiger partial charge in [0.25, 0.3) is 0 Å². The third kappa shape index (κ3) is 2.24. The molecule has 15 heavy (non-hydrogen) atoms. The topological polar surface area (TPSA) is 50.2 Å². The van der Waals surface area contributed by atoms with Gasteiger partial charge in [0.1, 0.15) is 0 Å². The van der Waals surface area contributed by atoms with Crippen molar-refractivity contribution >= 4 is 28.6 Å². The number of hydrogen-bond acceptors (Lipinski definition) is 4. The van der Waals surface area contributed by atoms with Gasteiger partial charge in [-0.05, 0) is 18.4 Å². The van der Waals surface area contributed by atoms with Gasteiger partial charge in [0.2, 0.25) is 0 Å². The second-order valence-corrected chi connectivity index (χ2v) is 5.21. The number of carbonyl (C=O) groups is 1. The maximum Gasteiger partial charge on any atom is 0.309 e. The van der Waals surface area contributed by atoms with Crippen LogP contribution in [0.15, 0.2) is 17.5 Å². The molecule has 0 aromatic carbocycles. The number of aromatic nitrogens is 1. The van der Waals surface area contributed by atoms with E-state index in [2.05, 4.69) is 4.98 Å². The third-order valence-electron chi connectivity index (χ3n) is 1.87. The summed E-state index contributed by atoms with van der Waals surface area (Å²) in [6.45, 7) is 1.90. The molecule has 0 saturated carbocycles. The van der Waals surface area contributed by atoms with Gasteiger partial charge in [0, 0.05) is 4.88 Å². The molecule has 2 aromatic heterocycles. The molecule has 0 saturated heterocycles. The van der Waals surface area contributed by atoms with Crippen molar-refractivity contribution in [1.29, 1.82) is 0 Å². The number of hydrogen-bond donors (Lipinski definition) is 1. The standard InChI is InChI=1S/C10H9NO2S2/c1-6-11-7(5-9(12)13)10(15-6)8-3-2-4-14-8/h2-4H,5H2,1H3,(H,12,13). The average Bonchev–Trinajstić information content (AvgIpc) is 2.72. The van der Waals surface area contributed by atoms with Crippen LogP contribution in [-0.4, -0.2) is 16.1 Å². The predicted molar refractivity (Wildman–Crippen MR) is 61.5 cm³/mol. The van der Waals surface area contributed by atoms with E-state index in [-0.39, 0.29) is 6.42 Å². The van der Waals surface area contributed by atoms with Crippen LogP contribution >= 0.6 is 22.7 Å². The smallest absolute Gasteiger partial charge is 0.309 e. The molecule has 0 spiro atoms. The van der Waals surface area contributed by atoms with E-state index in [9.17, 15) is 4.79 Å². The van der Waals surface area contributed by atoms with Gasteiger partial charge in [0.05, 0.1) is 22.0 Å². The molecule has 3 nitrogen and oxygen atoms in total. The number of carboxylic acids is 1. The second kappa shape index (κ2) is 4.12. The molecule has 0 aliphatic rings. The van der Waals surface area contributed by atoms with E-state index in [4.69, 9.17) is 5.11 Å². The van der Waals surface area contributed by atoms with Crippen LogP contribution in [-0.2, 0) is 11.2 Å². The largest absolute Gasteiger partial charge is 0.481 e. The Morgan fingerprint density at radius 3 is 3.00 bits per heavy atom. The van der Waals surface area contributed by atoms with Crippen molar-refractivity contribution in [3.8, 4) is 9.75 Å². The van der Waals surface area contributed by atoms with E-state index in [0.29, 0.717) is 5.69 Å². The van der Waals surface area contributed by atoms with Crippen molar-refractivity contribution in [1.82, 2.24) is 4.98 Å². The Kier molecular flexibility index (Phi) is 2.83. The number of thiophene rings is 1. The Morgan fingerprint density at radius 2 is 2.40 bits per heavy atom. The first-order valence-electron chi connectivity index (χ1n) is 4.39. The van der Waals surface area contributed by atoms with Crippen LogP contribution in [0.2, 0.25) is 0 Å². The lowest BCUT2D eigenvalue weighted by atomic mass is 10.2. The van der Waals surface area contributed by atoms with Crippen LogP contribution in [0.5, 0.6) is 0 Å². The summed E-state index contributed by atoms with van der Waals surface area (Å²) >= 11 is 3.16. The van der Waals surface area contributed by atoms with Gasteiger partial charge < -0.3 is 5.11 Å². The number of thiazole rings is 1. The first-order valence-corrected chi connectivity index (χ1v) is 6.08. The van der Waals surface area contributed by atoms with Crippen molar-refractivity contribution < 1.29 is 9.90 Å². The van der Waals surface area contributed by atoms with E-state index in [1.54, 1.807) is 22.7 Å². The summed E-state index contributed by atoms with van der Waals surface area (Å²) in [4.78, 5) is 17.0. The summed E-state index contributed by atoms with van der Waals surface area (Å²) in [6, 6.07) is 3.95. The number of aliphatic carboxylic acids is 1. The third-order valence-corrected chi connectivity index (χ3v) is 3.93. The lowest BCUT2D eigenvalue weighted by molar-refractivity contribution is -0.136. The average molecular weight is 239 g/mol. The fourth-order valence-corrected chi connectivity index (χ4v) is 3.14. The SMILES string of the molecule is Cc1nc(CC(=O)O)c(-c2cccs2)s1. The van der Waals surface area contributed by atoms with Gasteiger partial charge in [-0.2, -0.15) is 0 Å². The fourth-order valence-electron chi connectivity index (χ4n) is 1.33. The normalized spacial score (nSPS) is 10.5. The number of nitrogens with zero attached hydrogens (tertiary/aromatic N) is 1. The molecule has 0 amide bonds. The van der Waals surface area contributed by atoms with Crippen LogP contribution in [0, 0.1) is 6.92 Å². The molecule has 2 heterocycles. The van der Waals surface area contributed by atoms with Crippen LogP contribution in [0.25, 0.3) is 9.75 Å². The number of carboxylic acid groups (broad SMARTS) is 1. The van der Waals surface area contributed by atoms with Crippen LogP contribution < -0.4 is 0 Å². The molecule has 78 valence electrons. The monoisotopic (exact) mass is 239 g/mol. The van der Waals surface area contributed by atoms with Gasteiger partial charge in [-0.3, -0.25) is 4.79 Å². The van der Waals surface area contributed by atoms with Gasteiger partial charge in [-0.25, -0.2) is 4.98 Å². The van der Waals surface area contributed by atoms with E-state index in [1.165, 1.54) is 0 Å². The lowest BCUT2D eigenvalue weighted by Gasteiger charge is -1.95. The molecule has 0 bridgehead atoms. The van der Waals surface area contributed by atoms with Crippen molar-refractivity contribution in [3.63, 3.8) is 0 Å². The summed E-state index contributed by atoms with van der Waals surface area (Å²) in [5.74, 6) is -0.835. The molecule has 5 heteroatoms. The Balaban J connectivity index is 2.42. The zero-order valence-electron chi connectivity index (χ0n) is 8.06. The number of rotatable bonds is 3. The molecule has 0 atom stereocenters. The predicted octanol–water partition coefficient (Wildman–Crippen LogP) is 2.81. The molecular formula is C10H9NO2S2. The molecule has 0 radical (unpaired) electrons. The quantitative estimate of drug-likeness (QED) is 0.896. The van der Waals surface area contributed by atoms with E-state index in [1.807, 2.05) is 24.4 Å². The molecule has 2 rings (SSSR count). The van der Waals surface area contributed by atoms with Crippen molar-refractivity contribution in [2.24, 2.45) is 0 Å². The van der Waals surface area contributed by atoms with Crippen LogP contribution in [0.3, 0.4) is 0 Å². The zero-order valence-corrected chi connectivity index (χ0v) is 9.69. The minimum atomic E-state index is -0.835. The maximum atomic E-state index is 10.7. The number of aryl methyl sites for hydroxylation is 1. The van der Waals surface area contributed by atoms with E-state index < -0.39 is 5.97 Å². The summed E-state index contributed by atoms with van der Waals surface area (Å²) < 4.78 is 0. The molecule has 0 aliphatic carbocycles. The highest BCUT2D eigenvalue weighted by Crippen LogP contribution is 2.33. The highest BCUT2D eigenvalue weighted by Gasteiger charge is 2.14. The van der Waals surface area contributed by atoms with Gasteiger partial charge >= 0.3 is 5.97 Å². The Hall–Kier alpha value is -1.20. The summed E-state index contributed by atoms with van der Waals surface area (Å²) in [5.41, 5.74) is 0.674. The highest BCUT2D eigenvalue weighted by atomic mass is 32.1. The van der Waals surface area contributed by atoms with Crippen LogP contribution in [0.1, 0.15) is 10.7 Å². The van der Waals surface area contributed by atoms with E-state index in [0.717, 1.165) is 14.8 Å². The first kappa shape index (κ1) is 10.3. The zero-order chi connectivity index (χ0) is 10.8. The summed E-state index contributed by atoms with van der Waals surface area (Å²) in [7, 11) is 0. The lowest BCUT2D eigenvalue weighted by Crippen LogP contribution is -2.01. The Morgan fingerprint density at radius 1 is 1.60 bits per heavy atom. The molecule has 0 aliphatic heterocycles. The highest BCUT2D eigenvalue weighted by molar-refractivity contribution is 7.21. The minimum absolute atomic E-state index is 0.00241. The van der Waals surface area contributed by atoms with Gasteiger partial charge in [0.15, 0.2) is 0 Å². The first-order chi connectivity index (χ1) is 7.16. The van der Waals surface area contributed by atoms with Crippen molar-refractivity contribution in [3.05, 3.63) is 28.2 Å². The maximum absolute atomic E-state index is 10.7. The van der Waals surface area contributed by atoms with Gasteiger partial charge in [-0.1, -0.05) is 6.07 Å². The molecule has 0 fully saturated rings. The minimum Gasteiger partial charge on any atom is -0.481 e. The van der Waals surface area contributed by atoms with Crippen LogP contribution in [0.4, 0.5) is 0 Å². The van der Waals surface area contributed by atoms with Crippen molar-refractivity contribution in [2.45, 2.75) is 13.3 Å². The Bertz CT molecular complexity index is 474. The van der Waals surface area contributed by atoms with Crippen molar-refractivity contribution in [2.75, 3.05) is 0 Å². The molecule has 2 aromatic rings. The summed E-state index contributed by atoms with van der Waals surface area (Å²) in [6.07, 6.45) is -0.00241. The second-order valence-electron chi connectivity index (χ2n) is 3.06.